The molecule has 0 fully saturated rings. The summed E-state index contributed by atoms with van der Waals surface area (Å²) in [5.41, 5.74) is 7.20. The summed E-state index contributed by atoms with van der Waals surface area (Å²) in [6, 6.07) is 18.8. The van der Waals surface area contributed by atoms with Gasteiger partial charge in [0.05, 0.1) is 0 Å². The number of rotatable bonds is 70. The van der Waals surface area contributed by atoms with Gasteiger partial charge in [-0.3, -0.25) is 103 Å². The molecular weight excluding hydrogens is 1610 g/mol. The molecule has 123 heavy (non-hydrogen) atoms. The van der Waals surface area contributed by atoms with E-state index in [1.54, 1.807) is 0 Å². The monoisotopic (exact) mass is 1750 g/mol. The highest BCUT2D eigenvalue weighted by atomic mass is 16.7. The van der Waals surface area contributed by atoms with Gasteiger partial charge >= 0.3 is 6.09 Å². The summed E-state index contributed by atoms with van der Waals surface area (Å²) < 4.78 is 5.23. The van der Waals surface area contributed by atoms with Crippen LogP contribution in [0.5, 0.6) is 0 Å². The number of amides is 15. The molecule has 0 saturated heterocycles. The number of ether oxygens (including phenoxy) is 1. The third kappa shape index (κ3) is 65.3. The Bertz CT molecular complexity index is 3320. The normalized spacial score (nSPS) is 10.6. The van der Waals surface area contributed by atoms with Crippen LogP contribution >= 0.6 is 0 Å². The first-order chi connectivity index (χ1) is 58.6. The lowest BCUT2D eigenvalue weighted by Crippen LogP contribution is -2.34. The van der Waals surface area contributed by atoms with Crippen LogP contribution in [0.15, 0.2) is 60.7 Å². The predicted octanol–water partition coefficient (Wildman–Crippen LogP) is 5.20. The Morgan fingerprint density at radius 1 is 0.285 bits per heavy atom. The van der Waals surface area contributed by atoms with Crippen molar-refractivity contribution in [2.75, 3.05) is 105 Å². The Hall–Kier alpha value is -10.1. The summed E-state index contributed by atoms with van der Waals surface area (Å²) in [7, 11) is 0. The molecule has 0 radical (unpaired) electrons. The molecule has 0 unspecified atom stereocenters. The SMILES string of the molecule is CC(=O)N(O)CCCCCNC(=O)CCC(=O)N(O)CCCCCNC(=O)CCC(=O)N(O)CCCCCNC(=O)CCC(=O)N(CCCCCNC(=O)OCc1ccccc1)OCc1ccccc1.CC(=O)NCCCCCNC(=O)CCC(=O)N(O)CCCCCNC(=O)CCC(=O)N(O)CCCCCNC(=O)CCC(=O)N(O)CCCCCN.O. The molecule has 18 N–H and O–H groups in total. The molecular formula is C83H142N16O24. The molecule has 2 aromatic rings. The molecule has 2 rings (SSSR count). The highest BCUT2D eigenvalue weighted by Crippen LogP contribution is 2.12. The van der Waals surface area contributed by atoms with Crippen LogP contribution in [0.25, 0.3) is 0 Å². The van der Waals surface area contributed by atoms with Crippen molar-refractivity contribution in [1.82, 2.24) is 78.0 Å². The van der Waals surface area contributed by atoms with Crippen molar-refractivity contribution < 1.29 is 118 Å². The van der Waals surface area contributed by atoms with E-state index in [0.29, 0.717) is 211 Å². The van der Waals surface area contributed by atoms with Gasteiger partial charge in [-0.2, -0.15) is 0 Å². The van der Waals surface area contributed by atoms with E-state index in [-0.39, 0.29) is 182 Å². The molecule has 0 spiro atoms. The lowest BCUT2D eigenvalue weighted by molar-refractivity contribution is -0.192. The van der Waals surface area contributed by atoms with Gasteiger partial charge in [0.2, 0.25) is 82.7 Å². The standard InChI is InChI=1S/C49H76N8O13.C34H64N8O10.H2O/c1-40(58)54(66)34-16-4-12-30-50-43(59)24-27-46(62)55(67)35-17-5-13-31-51-44(60)25-28-47(63)56(68)36-18-6-14-32-52-45(61)26-29-48(64)57(70-39-42-22-10-3-11-23-42)37-19-7-15-33-53-49(65)69-38-41-20-8-2-9-21-41;1-28(43)36-21-7-3-8-22-37-29(44)14-18-33(48)41(51)26-12-5-10-24-39-31(46)16-19-34(49)42(52)27-13-4-9-23-38-30(45)15-17-32(47)40(50)25-11-2-6-20-35;/h2-3,8-11,20-23,66-68H,4-7,12-19,24-39H2,1H3,(H,50,59)(H,51,60)(H,52,61)(H,53,65);50-52H,2-27,35H2,1H3,(H,36,43)(H,37,44)(H,38,45)(H,39,46);1H2. The first kappa shape index (κ1) is 113. The van der Waals surface area contributed by atoms with Crippen LogP contribution in [0.4, 0.5) is 4.79 Å². The molecule has 40 heteroatoms. The Labute approximate surface area is 722 Å². The second-order valence-corrected chi connectivity index (χ2v) is 29.3. The number of alkyl carbamates (subject to hydrolysis) is 1. The number of carbonyl (C=O) groups is 15. The lowest BCUT2D eigenvalue weighted by Gasteiger charge is -2.22. The van der Waals surface area contributed by atoms with Crippen LogP contribution < -0.4 is 48.3 Å². The van der Waals surface area contributed by atoms with Crippen molar-refractivity contribution in [3.05, 3.63) is 71.8 Å². The van der Waals surface area contributed by atoms with Crippen LogP contribution in [0.3, 0.4) is 0 Å². The molecule has 0 aliphatic heterocycles. The van der Waals surface area contributed by atoms with Gasteiger partial charge in [-0.05, 0) is 165 Å². The smallest absolute Gasteiger partial charge is 0.407 e. The van der Waals surface area contributed by atoms with E-state index in [9.17, 15) is 103 Å². The zero-order valence-electron chi connectivity index (χ0n) is 72.3. The fourth-order valence-electron chi connectivity index (χ4n) is 11.4. The highest BCUT2D eigenvalue weighted by Gasteiger charge is 2.21. The summed E-state index contributed by atoms with van der Waals surface area (Å²) in [5.74, 6) is -5.51. The maximum absolute atomic E-state index is 13.1. The van der Waals surface area contributed by atoms with Crippen LogP contribution in [0, 0.1) is 0 Å². The second kappa shape index (κ2) is 74.5. The van der Waals surface area contributed by atoms with Crippen molar-refractivity contribution in [2.45, 2.75) is 258 Å². The fraction of sp³-hybridized carbons (Fsp3) is 0.675. The number of nitrogens with zero attached hydrogens (tertiary/aromatic N) is 7. The Morgan fingerprint density at radius 2 is 0.528 bits per heavy atom. The third-order valence-electron chi connectivity index (χ3n) is 18.7. The first-order valence-electron chi connectivity index (χ1n) is 43.0. The molecule has 2 aromatic carbocycles. The highest BCUT2D eigenvalue weighted by molar-refractivity contribution is 5.86. The first-order valence-corrected chi connectivity index (χ1v) is 43.0. The largest absolute Gasteiger partial charge is 0.445 e. The second-order valence-electron chi connectivity index (χ2n) is 29.3. The van der Waals surface area contributed by atoms with Crippen LogP contribution in [0.2, 0.25) is 0 Å². The molecule has 15 amide bonds. The van der Waals surface area contributed by atoms with Gasteiger partial charge in [0.1, 0.15) is 13.2 Å². The summed E-state index contributed by atoms with van der Waals surface area (Å²) >= 11 is 0. The van der Waals surface area contributed by atoms with Gasteiger partial charge < -0.3 is 58.5 Å². The quantitative estimate of drug-likeness (QED) is 0.0230. The van der Waals surface area contributed by atoms with Crippen molar-refractivity contribution in [2.24, 2.45) is 5.73 Å². The number of nitrogens with two attached hydrogens (primary N) is 1. The molecule has 0 atom stereocenters. The molecule has 0 heterocycles. The van der Waals surface area contributed by atoms with E-state index in [1.807, 2.05) is 60.7 Å². The molecule has 0 bridgehead atoms. The van der Waals surface area contributed by atoms with Gasteiger partial charge in [-0.1, -0.05) is 67.1 Å². The van der Waals surface area contributed by atoms with Crippen LogP contribution in [-0.4, -0.2) is 266 Å². The number of hydrogen-bond donors (Lipinski definition) is 15. The van der Waals surface area contributed by atoms with Gasteiger partial charge in [0.25, 0.3) is 0 Å². The number of carbonyl (C=O) groups excluding carboxylic acids is 15. The van der Waals surface area contributed by atoms with Crippen LogP contribution in [0.1, 0.15) is 256 Å². The molecule has 40 nitrogen and oxygen atoms in total. The maximum atomic E-state index is 13.1. The molecule has 0 aliphatic carbocycles. The molecule has 0 saturated carbocycles. The fourth-order valence-corrected chi connectivity index (χ4v) is 11.4. The number of hydroxylamine groups is 14. The minimum atomic E-state index is -0.591. The van der Waals surface area contributed by atoms with Gasteiger partial charge in [0.15, 0.2) is 0 Å². The third-order valence-corrected chi connectivity index (χ3v) is 18.7. The maximum Gasteiger partial charge on any atom is 0.407 e. The average molecular weight is 1750 g/mol. The van der Waals surface area contributed by atoms with Crippen molar-refractivity contribution in [1.29, 1.82) is 0 Å². The van der Waals surface area contributed by atoms with E-state index in [0.717, 1.165) is 49.7 Å². The van der Waals surface area contributed by atoms with Crippen molar-refractivity contribution >= 4 is 88.8 Å². The van der Waals surface area contributed by atoms with Crippen molar-refractivity contribution in [3.63, 3.8) is 0 Å². The van der Waals surface area contributed by atoms with Crippen molar-refractivity contribution in [3.8, 4) is 0 Å². The van der Waals surface area contributed by atoms with Crippen LogP contribution in [-0.2, 0) is 89.9 Å². The van der Waals surface area contributed by atoms with E-state index in [1.165, 1.54) is 18.9 Å². The van der Waals surface area contributed by atoms with E-state index >= 15 is 0 Å². The van der Waals surface area contributed by atoms with E-state index in [4.69, 9.17) is 15.3 Å². The Morgan fingerprint density at radius 3 is 0.813 bits per heavy atom. The number of benzene rings is 2. The summed E-state index contributed by atoms with van der Waals surface area (Å²) in [6.45, 7) is 8.01. The molecule has 0 aromatic heterocycles. The number of nitrogens with one attached hydrogen (secondary N) is 8. The summed E-state index contributed by atoms with van der Waals surface area (Å²) in [4.78, 5) is 186. The zero-order chi connectivity index (χ0) is 90.2. The van der Waals surface area contributed by atoms with E-state index < -0.39 is 41.5 Å². The lowest BCUT2D eigenvalue weighted by atomic mass is 10.2. The minimum absolute atomic E-state index is 0. The Kier molecular flexibility index (Phi) is 68.4. The van der Waals surface area contributed by atoms with Gasteiger partial charge in [0, 0.05) is 189 Å². The topological polar surface area (TPSA) is 572 Å². The summed E-state index contributed by atoms with van der Waals surface area (Å²) in [6.07, 6.45) is 13.8. The Balaban J connectivity index is 0.00000251. The van der Waals surface area contributed by atoms with Gasteiger partial charge in [-0.15, -0.1) is 0 Å². The molecule has 698 valence electrons. The minimum Gasteiger partial charge on any atom is -0.445 e. The predicted molar refractivity (Wildman–Crippen MR) is 450 cm³/mol. The van der Waals surface area contributed by atoms with Gasteiger partial charge in [-0.25, -0.2) is 40.2 Å². The number of hydrogen-bond acceptors (Lipinski definition) is 24. The zero-order valence-corrected chi connectivity index (χ0v) is 72.3. The summed E-state index contributed by atoms with van der Waals surface area (Å²) in [5, 5.41) is 85.8. The average Bonchev–Trinajstić information content (AvgIpc) is 0.909. The molecule has 0 aliphatic rings. The van der Waals surface area contributed by atoms with E-state index in [2.05, 4.69) is 42.5 Å². The number of unbranched alkanes of at least 4 members (excludes halogenated alkanes) is 16.